The van der Waals surface area contributed by atoms with E-state index in [0.29, 0.717) is 23.3 Å². The van der Waals surface area contributed by atoms with Crippen molar-refractivity contribution >= 4 is 34.2 Å². The molecule has 0 spiro atoms. The fourth-order valence-corrected chi connectivity index (χ4v) is 3.28. The van der Waals surface area contributed by atoms with Gasteiger partial charge in [-0.05, 0) is 32.1 Å². The molecule has 1 saturated heterocycles. The SMILES string of the molecule is CC(C)NC(=N)/C=C\Nc1cc(Cl)c2ccc(OCCN3CCOCC3)cc2n1. The number of anilines is 1. The number of benzene rings is 1. The highest BCUT2D eigenvalue weighted by Gasteiger charge is 2.10. The summed E-state index contributed by atoms with van der Waals surface area (Å²) in [6.07, 6.45) is 3.32. The number of nitrogens with one attached hydrogen (secondary N) is 3. The summed E-state index contributed by atoms with van der Waals surface area (Å²) in [5.74, 6) is 1.71. The average Bonchev–Trinajstić information content (AvgIpc) is 2.68. The standard InChI is InChI=1S/C21H28ClN5O2/c1-15(2)25-20(23)5-6-24-21-14-18(22)17-4-3-16(13-19(17)26-21)29-12-9-27-7-10-28-11-8-27/h3-6,13-15H,7-12H2,1-2H3,(H2,23,25)(H,24,26)/b6-5-. The number of hydrogen-bond acceptors (Lipinski definition) is 6. The van der Waals surface area contributed by atoms with Crippen molar-refractivity contribution in [3.05, 3.63) is 41.6 Å². The van der Waals surface area contributed by atoms with E-state index in [0.717, 1.165) is 49.5 Å². The summed E-state index contributed by atoms with van der Waals surface area (Å²) in [4.78, 5) is 6.94. The average molecular weight is 418 g/mol. The molecule has 156 valence electrons. The second kappa shape index (κ2) is 10.4. The fourth-order valence-electron chi connectivity index (χ4n) is 3.02. The lowest BCUT2D eigenvalue weighted by Crippen LogP contribution is -2.38. The van der Waals surface area contributed by atoms with Crippen molar-refractivity contribution in [2.75, 3.05) is 44.8 Å². The van der Waals surface area contributed by atoms with Gasteiger partial charge in [0.1, 0.15) is 24.0 Å². The Morgan fingerprint density at radius 1 is 1.34 bits per heavy atom. The summed E-state index contributed by atoms with van der Waals surface area (Å²) in [7, 11) is 0. The van der Waals surface area contributed by atoms with Gasteiger partial charge >= 0.3 is 0 Å². The van der Waals surface area contributed by atoms with E-state index in [2.05, 4.69) is 20.5 Å². The third-order valence-corrected chi connectivity index (χ3v) is 4.75. The van der Waals surface area contributed by atoms with Crippen molar-refractivity contribution in [3.63, 3.8) is 0 Å². The molecule has 0 aliphatic carbocycles. The molecule has 0 amide bonds. The Hall–Kier alpha value is -2.35. The zero-order valence-corrected chi connectivity index (χ0v) is 17.6. The van der Waals surface area contributed by atoms with Crippen molar-refractivity contribution in [3.8, 4) is 5.75 Å². The number of aromatic nitrogens is 1. The van der Waals surface area contributed by atoms with E-state index in [1.54, 1.807) is 18.3 Å². The third-order valence-electron chi connectivity index (χ3n) is 4.44. The third kappa shape index (κ3) is 6.59. The number of rotatable bonds is 8. The van der Waals surface area contributed by atoms with Gasteiger partial charge in [-0.1, -0.05) is 11.6 Å². The van der Waals surface area contributed by atoms with Crippen LogP contribution in [0, 0.1) is 5.41 Å². The van der Waals surface area contributed by atoms with Crippen LogP contribution in [0.1, 0.15) is 13.8 Å². The van der Waals surface area contributed by atoms with Gasteiger partial charge in [-0.15, -0.1) is 0 Å². The van der Waals surface area contributed by atoms with Crippen LogP contribution in [0.2, 0.25) is 5.02 Å². The lowest BCUT2D eigenvalue weighted by Gasteiger charge is -2.26. The lowest BCUT2D eigenvalue weighted by atomic mass is 10.2. The molecule has 0 bridgehead atoms. The summed E-state index contributed by atoms with van der Waals surface area (Å²) in [5.41, 5.74) is 0.757. The van der Waals surface area contributed by atoms with Crippen LogP contribution in [0.4, 0.5) is 5.82 Å². The number of halogens is 1. The Morgan fingerprint density at radius 3 is 2.90 bits per heavy atom. The highest BCUT2D eigenvalue weighted by atomic mass is 35.5. The quantitative estimate of drug-likeness (QED) is 0.450. The van der Waals surface area contributed by atoms with Gasteiger partial charge in [0.2, 0.25) is 0 Å². The molecule has 8 heteroatoms. The molecule has 2 heterocycles. The molecule has 1 aliphatic rings. The molecular weight excluding hydrogens is 390 g/mol. The molecule has 1 aromatic heterocycles. The Balaban J connectivity index is 1.62. The zero-order valence-electron chi connectivity index (χ0n) is 16.9. The first-order valence-corrected chi connectivity index (χ1v) is 10.2. The number of morpholine rings is 1. The molecule has 2 aromatic rings. The van der Waals surface area contributed by atoms with Crippen molar-refractivity contribution < 1.29 is 9.47 Å². The van der Waals surface area contributed by atoms with E-state index < -0.39 is 0 Å². The molecule has 3 N–H and O–H groups in total. The number of ether oxygens (including phenoxy) is 2. The van der Waals surface area contributed by atoms with E-state index in [4.69, 9.17) is 26.5 Å². The molecule has 0 radical (unpaired) electrons. The van der Waals surface area contributed by atoms with Crippen LogP contribution in [0.3, 0.4) is 0 Å². The van der Waals surface area contributed by atoms with Crippen molar-refractivity contribution in [1.29, 1.82) is 5.41 Å². The zero-order chi connectivity index (χ0) is 20.6. The van der Waals surface area contributed by atoms with E-state index in [9.17, 15) is 0 Å². The lowest BCUT2D eigenvalue weighted by molar-refractivity contribution is 0.0322. The Labute approximate surface area is 176 Å². The molecule has 29 heavy (non-hydrogen) atoms. The van der Waals surface area contributed by atoms with Crippen LogP contribution in [0.5, 0.6) is 5.75 Å². The maximum absolute atomic E-state index is 7.81. The minimum absolute atomic E-state index is 0.210. The molecule has 3 rings (SSSR count). The number of nitrogens with zero attached hydrogens (tertiary/aromatic N) is 2. The molecule has 1 aliphatic heterocycles. The van der Waals surface area contributed by atoms with E-state index in [-0.39, 0.29) is 6.04 Å². The normalized spacial score (nSPS) is 15.2. The second-order valence-corrected chi connectivity index (χ2v) is 7.57. The van der Waals surface area contributed by atoms with Crippen molar-refractivity contribution in [2.24, 2.45) is 0 Å². The predicted octanol–water partition coefficient (Wildman–Crippen LogP) is 3.50. The van der Waals surface area contributed by atoms with Gasteiger partial charge in [0.25, 0.3) is 0 Å². The number of pyridine rings is 1. The first-order chi connectivity index (χ1) is 14.0. The minimum atomic E-state index is 0.210. The summed E-state index contributed by atoms with van der Waals surface area (Å²) >= 11 is 6.41. The minimum Gasteiger partial charge on any atom is -0.492 e. The molecule has 0 atom stereocenters. The highest BCUT2D eigenvalue weighted by Crippen LogP contribution is 2.28. The number of hydrogen-bond donors (Lipinski definition) is 3. The molecule has 0 saturated carbocycles. The van der Waals surface area contributed by atoms with Gasteiger partial charge < -0.3 is 20.1 Å². The van der Waals surface area contributed by atoms with Gasteiger partial charge in [0.15, 0.2) is 0 Å². The van der Waals surface area contributed by atoms with Crippen molar-refractivity contribution in [1.82, 2.24) is 15.2 Å². The summed E-state index contributed by atoms with van der Waals surface area (Å²) in [6, 6.07) is 7.73. The van der Waals surface area contributed by atoms with Crippen LogP contribution in [-0.4, -0.2) is 61.2 Å². The monoisotopic (exact) mass is 417 g/mol. The summed E-state index contributed by atoms with van der Waals surface area (Å²) in [6.45, 7) is 8.94. The van der Waals surface area contributed by atoms with Gasteiger partial charge in [-0.2, -0.15) is 0 Å². The van der Waals surface area contributed by atoms with Gasteiger partial charge in [-0.25, -0.2) is 4.98 Å². The summed E-state index contributed by atoms with van der Waals surface area (Å²) < 4.78 is 11.3. The molecule has 0 unspecified atom stereocenters. The van der Waals surface area contributed by atoms with E-state index in [1.807, 2.05) is 32.0 Å². The van der Waals surface area contributed by atoms with Crippen molar-refractivity contribution in [2.45, 2.75) is 19.9 Å². The topological polar surface area (TPSA) is 82.5 Å². The molecule has 1 fully saturated rings. The van der Waals surface area contributed by atoms with Crippen LogP contribution in [0.25, 0.3) is 10.9 Å². The second-order valence-electron chi connectivity index (χ2n) is 7.16. The maximum Gasteiger partial charge on any atom is 0.132 e. The number of amidine groups is 1. The first-order valence-electron chi connectivity index (χ1n) is 9.82. The number of fused-ring (bicyclic) bond motifs is 1. The maximum atomic E-state index is 7.81. The molecule has 1 aromatic carbocycles. The van der Waals surface area contributed by atoms with Gasteiger partial charge in [-0.3, -0.25) is 10.3 Å². The van der Waals surface area contributed by atoms with Crippen LogP contribution < -0.4 is 15.4 Å². The van der Waals surface area contributed by atoms with Crippen LogP contribution in [0.15, 0.2) is 36.5 Å². The van der Waals surface area contributed by atoms with Crippen LogP contribution in [-0.2, 0) is 4.74 Å². The largest absolute Gasteiger partial charge is 0.492 e. The first kappa shape index (κ1) is 21.4. The Kier molecular flexibility index (Phi) is 7.69. The molecule has 7 nitrogen and oxygen atoms in total. The summed E-state index contributed by atoms with van der Waals surface area (Å²) in [5, 5.41) is 15.4. The van der Waals surface area contributed by atoms with E-state index >= 15 is 0 Å². The fraction of sp³-hybridized carbons (Fsp3) is 0.429. The molecular formula is C21H28ClN5O2. The highest BCUT2D eigenvalue weighted by molar-refractivity contribution is 6.35. The predicted molar refractivity (Wildman–Crippen MR) is 118 cm³/mol. The smallest absolute Gasteiger partial charge is 0.132 e. The Morgan fingerprint density at radius 2 is 2.14 bits per heavy atom. The van der Waals surface area contributed by atoms with E-state index in [1.165, 1.54) is 0 Å². The van der Waals surface area contributed by atoms with Crippen LogP contribution >= 0.6 is 11.6 Å². The van der Waals surface area contributed by atoms with Gasteiger partial charge in [0, 0.05) is 49.4 Å². The van der Waals surface area contributed by atoms with Gasteiger partial charge in [0.05, 0.1) is 23.8 Å². The Bertz CT molecular complexity index is 866.